The summed E-state index contributed by atoms with van der Waals surface area (Å²) in [6, 6.07) is 9.96. The highest BCUT2D eigenvalue weighted by molar-refractivity contribution is 6.32. The molecule has 0 saturated carbocycles. The Bertz CT molecular complexity index is 1200. The Morgan fingerprint density at radius 3 is 2.74 bits per heavy atom. The van der Waals surface area contributed by atoms with Crippen molar-refractivity contribution in [2.45, 2.75) is 32.7 Å². The van der Waals surface area contributed by atoms with Crippen molar-refractivity contribution in [3.05, 3.63) is 64.9 Å². The van der Waals surface area contributed by atoms with Crippen LogP contribution in [0.4, 0.5) is 22.0 Å². The van der Waals surface area contributed by atoms with Gasteiger partial charge in [-0.3, -0.25) is 5.10 Å². The average Bonchev–Trinajstić information content (AvgIpc) is 3.38. The van der Waals surface area contributed by atoms with Crippen LogP contribution in [-0.2, 0) is 12.0 Å². The van der Waals surface area contributed by atoms with Crippen LogP contribution in [0.5, 0.6) is 0 Å². The molecule has 4 rings (SSSR count). The van der Waals surface area contributed by atoms with Crippen LogP contribution in [-0.4, -0.2) is 25.3 Å². The van der Waals surface area contributed by atoms with E-state index in [0.717, 1.165) is 5.69 Å². The van der Waals surface area contributed by atoms with Crippen LogP contribution in [0.3, 0.4) is 0 Å². The molecular weight excluding hydrogens is 421 g/mol. The van der Waals surface area contributed by atoms with Gasteiger partial charge in [0.1, 0.15) is 16.5 Å². The van der Waals surface area contributed by atoms with E-state index >= 15 is 0 Å². The number of anilines is 3. The highest BCUT2D eigenvalue weighted by Gasteiger charge is 2.17. The Morgan fingerprint density at radius 1 is 1.19 bits per heavy atom. The first-order valence-electron chi connectivity index (χ1n) is 9.59. The number of nitrogens with one attached hydrogen (secondary N) is 3. The molecule has 0 fully saturated rings. The molecule has 0 amide bonds. The SMILES string of the molecule is CC(C)(C)c1cc(Nc2nc(NCc3cc(-c4ccccc4F)no3)ncc2Cl)n[nH]1. The first-order chi connectivity index (χ1) is 14.8. The van der Waals surface area contributed by atoms with E-state index < -0.39 is 0 Å². The number of halogens is 2. The maximum atomic E-state index is 13.9. The molecule has 0 aliphatic heterocycles. The van der Waals surface area contributed by atoms with E-state index in [4.69, 9.17) is 16.1 Å². The summed E-state index contributed by atoms with van der Waals surface area (Å²) in [5.41, 5.74) is 1.71. The van der Waals surface area contributed by atoms with Gasteiger partial charge in [-0.25, -0.2) is 9.37 Å². The number of hydrogen-bond donors (Lipinski definition) is 3. The fourth-order valence-corrected chi connectivity index (χ4v) is 2.93. The Labute approximate surface area is 183 Å². The second-order valence-corrected chi connectivity index (χ2v) is 8.35. The van der Waals surface area contributed by atoms with Crippen molar-refractivity contribution in [3.8, 4) is 11.3 Å². The largest absolute Gasteiger partial charge is 0.359 e. The van der Waals surface area contributed by atoms with Crippen molar-refractivity contribution in [3.63, 3.8) is 0 Å². The lowest BCUT2D eigenvalue weighted by atomic mass is 9.92. The second-order valence-electron chi connectivity index (χ2n) is 7.94. The fourth-order valence-electron chi connectivity index (χ4n) is 2.79. The van der Waals surface area contributed by atoms with Crippen LogP contribution in [0.2, 0.25) is 5.02 Å². The third kappa shape index (κ3) is 4.83. The molecule has 0 atom stereocenters. The molecule has 1 aromatic carbocycles. The Hall–Kier alpha value is -3.46. The van der Waals surface area contributed by atoms with Crippen LogP contribution < -0.4 is 10.6 Å². The van der Waals surface area contributed by atoms with Gasteiger partial charge in [-0.1, -0.05) is 49.7 Å². The highest BCUT2D eigenvalue weighted by atomic mass is 35.5. The van der Waals surface area contributed by atoms with E-state index in [1.165, 1.54) is 12.3 Å². The zero-order valence-corrected chi connectivity index (χ0v) is 18.0. The molecule has 8 nitrogen and oxygen atoms in total. The number of benzene rings is 1. The van der Waals surface area contributed by atoms with E-state index in [9.17, 15) is 4.39 Å². The van der Waals surface area contributed by atoms with Gasteiger partial charge in [0, 0.05) is 28.8 Å². The number of rotatable bonds is 6. The van der Waals surface area contributed by atoms with Gasteiger partial charge in [-0.2, -0.15) is 10.1 Å². The van der Waals surface area contributed by atoms with Crippen molar-refractivity contribution in [2.75, 3.05) is 10.6 Å². The van der Waals surface area contributed by atoms with Gasteiger partial charge in [-0.15, -0.1) is 0 Å². The van der Waals surface area contributed by atoms with Crippen LogP contribution >= 0.6 is 11.6 Å². The van der Waals surface area contributed by atoms with Gasteiger partial charge in [0.2, 0.25) is 5.95 Å². The number of aromatic amines is 1. The third-order valence-corrected chi connectivity index (χ3v) is 4.78. The summed E-state index contributed by atoms with van der Waals surface area (Å²) in [7, 11) is 0. The lowest BCUT2D eigenvalue weighted by Crippen LogP contribution is -2.11. The molecule has 3 heterocycles. The summed E-state index contributed by atoms with van der Waals surface area (Å²) in [5.74, 6) is 1.49. The van der Waals surface area contributed by atoms with E-state index in [0.29, 0.717) is 39.6 Å². The van der Waals surface area contributed by atoms with E-state index in [1.54, 1.807) is 24.3 Å². The normalized spacial score (nSPS) is 11.5. The molecule has 3 N–H and O–H groups in total. The van der Waals surface area contributed by atoms with Crippen molar-refractivity contribution < 1.29 is 8.91 Å². The number of hydrogen-bond acceptors (Lipinski definition) is 7. The summed E-state index contributed by atoms with van der Waals surface area (Å²) in [5, 5.41) is 17.7. The zero-order valence-electron chi connectivity index (χ0n) is 17.2. The molecule has 31 heavy (non-hydrogen) atoms. The average molecular weight is 442 g/mol. The first-order valence-corrected chi connectivity index (χ1v) is 9.97. The van der Waals surface area contributed by atoms with Gasteiger partial charge in [-0.05, 0) is 12.1 Å². The smallest absolute Gasteiger partial charge is 0.225 e. The maximum absolute atomic E-state index is 13.9. The topological polar surface area (TPSA) is 105 Å². The molecule has 0 saturated heterocycles. The first kappa shape index (κ1) is 20.8. The zero-order chi connectivity index (χ0) is 22.0. The van der Waals surface area contributed by atoms with Crippen LogP contribution in [0.15, 0.2) is 47.1 Å². The molecule has 0 aliphatic rings. The lowest BCUT2D eigenvalue weighted by molar-refractivity contribution is 0.389. The predicted octanol–water partition coefficient (Wildman–Crippen LogP) is 5.30. The molecule has 160 valence electrons. The summed E-state index contributed by atoms with van der Waals surface area (Å²) in [6.45, 7) is 6.53. The third-order valence-electron chi connectivity index (χ3n) is 4.51. The minimum absolute atomic E-state index is 0.0618. The molecule has 0 radical (unpaired) electrons. The molecular formula is C21H21ClFN7O. The molecule has 4 aromatic rings. The summed E-state index contributed by atoms with van der Waals surface area (Å²) in [6.07, 6.45) is 1.49. The van der Waals surface area contributed by atoms with Crippen LogP contribution in [0, 0.1) is 5.82 Å². The van der Waals surface area contributed by atoms with E-state index in [1.807, 2.05) is 6.07 Å². The predicted molar refractivity (Wildman–Crippen MR) is 117 cm³/mol. The quantitative estimate of drug-likeness (QED) is 0.373. The summed E-state index contributed by atoms with van der Waals surface area (Å²) in [4.78, 5) is 8.57. The van der Waals surface area contributed by atoms with Crippen LogP contribution in [0.1, 0.15) is 32.2 Å². The molecule has 10 heteroatoms. The lowest BCUT2D eigenvalue weighted by Gasteiger charge is -2.14. The number of H-pyrrole nitrogens is 1. The van der Waals surface area contributed by atoms with Crippen molar-refractivity contribution >= 4 is 29.2 Å². The summed E-state index contributed by atoms with van der Waals surface area (Å²) < 4.78 is 19.2. The van der Waals surface area contributed by atoms with Crippen molar-refractivity contribution in [1.82, 2.24) is 25.3 Å². The molecule has 0 spiro atoms. The van der Waals surface area contributed by atoms with Gasteiger partial charge in [0.25, 0.3) is 0 Å². The Balaban J connectivity index is 1.44. The number of aromatic nitrogens is 5. The summed E-state index contributed by atoms with van der Waals surface area (Å²) >= 11 is 6.23. The van der Waals surface area contributed by atoms with Crippen molar-refractivity contribution in [2.24, 2.45) is 0 Å². The fraction of sp³-hybridized carbons (Fsp3) is 0.238. The molecule has 3 aromatic heterocycles. The molecule has 0 bridgehead atoms. The Morgan fingerprint density at radius 2 is 2.00 bits per heavy atom. The number of nitrogens with zero attached hydrogens (tertiary/aromatic N) is 4. The van der Waals surface area contributed by atoms with Gasteiger partial charge in [0.15, 0.2) is 17.4 Å². The molecule has 0 unspecified atom stereocenters. The van der Waals surface area contributed by atoms with Gasteiger partial charge < -0.3 is 15.2 Å². The maximum Gasteiger partial charge on any atom is 0.225 e. The van der Waals surface area contributed by atoms with E-state index in [2.05, 4.69) is 56.7 Å². The standard InChI is InChI=1S/C21H21ClFN7O/c1-21(2,3)17-9-18(29-28-17)26-19-14(22)11-25-20(27-19)24-10-12-8-16(30-31-12)13-6-4-5-7-15(13)23/h4-9,11H,10H2,1-3H3,(H3,24,25,26,27,28,29). The van der Waals surface area contributed by atoms with Crippen molar-refractivity contribution in [1.29, 1.82) is 0 Å². The van der Waals surface area contributed by atoms with Gasteiger partial charge >= 0.3 is 0 Å². The van der Waals surface area contributed by atoms with Crippen LogP contribution in [0.25, 0.3) is 11.3 Å². The second kappa shape index (κ2) is 8.35. The van der Waals surface area contributed by atoms with E-state index in [-0.39, 0.29) is 17.8 Å². The monoisotopic (exact) mass is 441 g/mol. The molecule has 0 aliphatic carbocycles. The minimum Gasteiger partial charge on any atom is -0.359 e. The van der Waals surface area contributed by atoms with Gasteiger partial charge in [0.05, 0.1) is 12.7 Å². The Kier molecular flexibility index (Phi) is 5.60. The highest BCUT2D eigenvalue weighted by Crippen LogP contribution is 2.27. The minimum atomic E-state index is -0.361.